The van der Waals surface area contributed by atoms with Gasteiger partial charge in [0.25, 0.3) is 0 Å². The molecule has 0 unspecified atom stereocenters. The Morgan fingerprint density at radius 2 is 2.62 bits per heavy atom. The van der Waals surface area contributed by atoms with Crippen molar-refractivity contribution in [1.82, 2.24) is 5.09 Å². The Bertz CT molecular complexity index is 128. The van der Waals surface area contributed by atoms with Gasteiger partial charge in [0.15, 0.2) is 0 Å². The van der Waals surface area contributed by atoms with Crippen LogP contribution in [0.4, 0.5) is 0 Å². The van der Waals surface area contributed by atoms with E-state index in [1.54, 1.807) is 0 Å². The van der Waals surface area contributed by atoms with Crippen molar-refractivity contribution >= 4 is 15.9 Å². The average Bonchev–Trinajstić information content (AvgIpc) is 2.19. The van der Waals surface area contributed by atoms with Gasteiger partial charge >= 0.3 is 0 Å². The predicted octanol–water partition coefficient (Wildman–Crippen LogP) is 2.97. The third kappa shape index (κ3) is 1.58. The predicted molar refractivity (Wildman–Crippen MR) is 39.0 cm³/mol. The highest BCUT2D eigenvalue weighted by Crippen LogP contribution is 2.32. The number of hydrogen-bond donors (Lipinski definition) is 0. The molecule has 0 N–H and O–H groups in total. The van der Waals surface area contributed by atoms with Gasteiger partial charge < -0.3 is 0 Å². The Morgan fingerprint density at radius 1 is 1.75 bits per heavy atom. The summed E-state index contributed by atoms with van der Waals surface area (Å²) in [6.07, 6.45) is 4.49. The first-order valence-electron chi connectivity index (χ1n) is 2.73. The summed E-state index contributed by atoms with van der Waals surface area (Å²) in [5, 5.41) is 5.58. The van der Waals surface area contributed by atoms with Gasteiger partial charge in [-0.25, -0.2) is 5.09 Å². The van der Waals surface area contributed by atoms with Crippen molar-refractivity contribution in [2.75, 3.05) is 0 Å². The lowest BCUT2D eigenvalue weighted by Gasteiger charge is -1.87. The number of hydrogen-bond acceptors (Lipinski definition) is 0. The first-order valence-corrected chi connectivity index (χ1v) is 5.18. The fraction of sp³-hybridized carbons (Fsp3) is 0.600. The van der Waals surface area contributed by atoms with Gasteiger partial charge in [0.1, 0.15) is 0 Å². The Kier molecular flexibility index (Phi) is 2.52. The zero-order valence-corrected chi connectivity index (χ0v) is 6.62. The van der Waals surface area contributed by atoms with Gasteiger partial charge in [0.2, 0.25) is 0 Å². The van der Waals surface area contributed by atoms with Crippen LogP contribution in [0.15, 0.2) is 11.5 Å². The van der Waals surface area contributed by atoms with E-state index >= 15 is 0 Å². The molecule has 0 atom stereocenters. The number of allylic oxidation sites excluding steroid dienone is 1. The van der Waals surface area contributed by atoms with E-state index in [4.69, 9.17) is 0 Å². The van der Waals surface area contributed by atoms with E-state index < -0.39 is 0 Å². The van der Waals surface area contributed by atoms with Crippen LogP contribution < -0.4 is 5.09 Å². The standard InChI is InChI=1S/C5H8NP2/c1-2-3-5-4-6-8-7-5/h4H,2-3H2,1H3. The molecule has 1 heterocycles. The molecule has 0 bridgehead atoms. The van der Waals surface area contributed by atoms with Crippen molar-refractivity contribution in [1.29, 1.82) is 0 Å². The monoisotopic (exact) mass is 144 g/mol. The summed E-state index contributed by atoms with van der Waals surface area (Å²) in [4.78, 5) is 0. The summed E-state index contributed by atoms with van der Waals surface area (Å²) in [5.41, 5.74) is 0. The lowest BCUT2D eigenvalue weighted by Crippen LogP contribution is -1.71. The second-order valence-electron chi connectivity index (χ2n) is 1.68. The van der Waals surface area contributed by atoms with Crippen LogP contribution in [-0.2, 0) is 0 Å². The van der Waals surface area contributed by atoms with Crippen LogP contribution in [0.25, 0.3) is 0 Å². The molecule has 0 aromatic heterocycles. The van der Waals surface area contributed by atoms with Gasteiger partial charge in [-0.1, -0.05) is 13.3 Å². The fourth-order valence-corrected chi connectivity index (χ4v) is 2.56. The summed E-state index contributed by atoms with van der Waals surface area (Å²) in [6.45, 7) is 2.20. The molecule has 3 heteroatoms. The highest BCUT2D eigenvalue weighted by Gasteiger charge is 1.96. The summed E-state index contributed by atoms with van der Waals surface area (Å²) in [7, 11) is 2.62. The Labute approximate surface area is 53.0 Å². The molecule has 0 aromatic carbocycles. The summed E-state index contributed by atoms with van der Waals surface area (Å²) in [6, 6.07) is 0. The van der Waals surface area contributed by atoms with Gasteiger partial charge in [-0.2, -0.15) is 0 Å². The van der Waals surface area contributed by atoms with Gasteiger partial charge in [-0.15, -0.1) is 0 Å². The molecule has 0 aliphatic carbocycles. The van der Waals surface area contributed by atoms with E-state index in [9.17, 15) is 0 Å². The molecule has 0 aromatic rings. The van der Waals surface area contributed by atoms with Crippen LogP contribution in [0.1, 0.15) is 19.8 Å². The van der Waals surface area contributed by atoms with Gasteiger partial charge in [-0.05, 0) is 14.3 Å². The highest BCUT2D eigenvalue weighted by molar-refractivity contribution is 7.85. The summed E-state index contributed by atoms with van der Waals surface area (Å²) < 4.78 is 0. The molecule has 1 rings (SSSR count). The molecule has 1 radical (unpaired) electrons. The smallest absolute Gasteiger partial charge is 0.0696 e. The molecule has 0 fully saturated rings. The Hall–Kier alpha value is 0.140. The second kappa shape index (κ2) is 3.22. The fourth-order valence-electron chi connectivity index (χ4n) is 0.572. The van der Waals surface area contributed by atoms with Crippen LogP contribution in [0, 0.1) is 0 Å². The van der Waals surface area contributed by atoms with Crippen LogP contribution in [0.3, 0.4) is 0 Å². The number of rotatable bonds is 2. The molecule has 43 valence electrons. The first-order chi connectivity index (χ1) is 3.93. The SMILES string of the molecule is CCCC1=C[N]P=P1. The van der Waals surface area contributed by atoms with Crippen molar-refractivity contribution in [3.8, 4) is 0 Å². The van der Waals surface area contributed by atoms with E-state index in [1.807, 2.05) is 6.20 Å². The summed E-state index contributed by atoms with van der Waals surface area (Å²) in [5.74, 6) is 0. The largest absolute Gasteiger partial charge is 0.230 e. The maximum atomic E-state index is 4.08. The van der Waals surface area contributed by atoms with Crippen LogP contribution >= 0.6 is 15.9 Å². The van der Waals surface area contributed by atoms with E-state index in [1.165, 1.54) is 34.0 Å². The molecule has 1 aliphatic heterocycles. The zero-order chi connectivity index (χ0) is 5.82. The Morgan fingerprint density at radius 3 is 3.12 bits per heavy atom. The molecular formula is C5H8NP2. The maximum absolute atomic E-state index is 4.08. The van der Waals surface area contributed by atoms with E-state index in [0.29, 0.717) is 0 Å². The van der Waals surface area contributed by atoms with E-state index in [2.05, 4.69) is 12.0 Å². The van der Waals surface area contributed by atoms with Crippen LogP contribution in [-0.4, -0.2) is 0 Å². The minimum absolute atomic E-state index is 1.22. The Balaban J connectivity index is 2.34. The normalized spacial score (nSPS) is 19.9. The maximum Gasteiger partial charge on any atom is 0.0696 e. The first kappa shape index (κ1) is 6.26. The van der Waals surface area contributed by atoms with Crippen LogP contribution in [0.5, 0.6) is 0 Å². The molecule has 8 heavy (non-hydrogen) atoms. The van der Waals surface area contributed by atoms with Gasteiger partial charge in [0, 0.05) is 11.5 Å². The highest BCUT2D eigenvalue weighted by atomic mass is 31.7. The quantitative estimate of drug-likeness (QED) is 0.529. The van der Waals surface area contributed by atoms with Gasteiger partial charge in [-0.3, -0.25) is 0 Å². The van der Waals surface area contributed by atoms with Crippen molar-refractivity contribution in [2.45, 2.75) is 19.8 Å². The zero-order valence-electron chi connectivity index (χ0n) is 4.83. The van der Waals surface area contributed by atoms with Crippen molar-refractivity contribution in [3.05, 3.63) is 11.5 Å². The lowest BCUT2D eigenvalue weighted by molar-refractivity contribution is 0.942. The third-order valence-corrected chi connectivity index (χ3v) is 3.19. The number of nitrogens with zero attached hydrogens (tertiary/aromatic N) is 1. The molecule has 1 nitrogen and oxygen atoms in total. The second-order valence-corrected chi connectivity index (χ2v) is 4.00. The lowest BCUT2D eigenvalue weighted by atomic mass is 10.3. The molecule has 0 amide bonds. The molecule has 1 aliphatic rings. The van der Waals surface area contributed by atoms with Crippen molar-refractivity contribution in [3.63, 3.8) is 0 Å². The minimum atomic E-state index is 1.22. The van der Waals surface area contributed by atoms with E-state index in [-0.39, 0.29) is 0 Å². The molecular weight excluding hydrogens is 136 g/mol. The molecule has 0 spiro atoms. The van der Waals surface area contributed by atoms with Crippen molar-refractivity contribution < 1.29 is 0 Å². The van der Waals surface area contributed by atoms with E-state index in [0.717, 1.165) is 0 Å². The van der Waals surface area contributed by atoms with Crippen molar-refractivity contribution in [2.24, 2.45) is 0 Å². The summed E-state index contributed by atoms with van der Waals surface area (Å²) >= 11 is 0. The third-order valence-electron chi connectivity index (χ3n) is 0.938. The topological polar surface area (TPSA) is 14.1 Å². The van der Waals surface area contributed by atoms with Gasteiger partial charge in [0.05, 0.1) is 8.02 Å². The van der Waals surface area contributed by atoms with Crippen LogP contribution in [0.2, 0.25) is 0 Å². The average molecular weight is 144 g/mol. The molecule has 0 saturated carbocycles. The molecule has 0 saturated heterocycles. The minimum Gasteiger partial charge on any atom is -0.230 e.